The Balaban J connectivity index is 2.79. The van der Waals surface area contributed by atoms with E-state index < -0.39 is 0 Å². The number of anilines is 1. The molecule has 0 saturated carbocycles. The van der Waals surface area contributed by atoms with E-state index in [-0.39, 0.29) is 0 Å². The third kappa shape index (κ3) is 2.33. The van der Waals surface area contributed by atoms with Gasteiger partial charge in [0.2, 0.25) is 0 Å². The zero-order valence-electron chi connectivity index (χ0n) is 7.57. The highest BCUT2D eigenvalue weighted by molar-refractivity contribution is 6.02. The summed E-state index contributed by atoms with van der Waals surface area (Å²) in [7, 11) is 1.83. The summed E-state index contributed by atoms with van der Waals surface area (Å²) in [6.07, 6.45) is 2.91. The fourth-order valence-corrected chi connectivity index (χ4v) is 0.994. The number of hydrogen-bond acceptors (Lipinski definition) is 2. The molecule has 0 radical (unpaired) electrons. The summed E-state index contributed by atoms with van der Waals surface area (Å²) in [6.45, 7) is 0. The predicted octanol–water partition coefficient (Wildman–Crippen LogP) is 1.57. The van der Waals surface area contributed by atoms with Crippen molar-refractivity contribution in [3.63, 3.8) is 0 Å². The molecule has 0 aromatic heterocycles. The summed E-state index contributed by atoms with van der Waals surface area (Å²) in [5.41, 5.74) is 6.17. The van der Waals surface area contributed by atoms with E-state index >= 15 is 0 Å². The number of benzene rings is 1. The molecule has 0 fully saturated rings. The Morgan fingerprint density at radius 3 is 2.54 bits per heavy atom. The summed E-state index contributed by atoms with van der Waals surface area (Å²) in [5.74, 6) is 0.369. The molecular weight excluding hydrogens is 162 g/mol. The van der Waals surface area contributed by atoms with Gasteiger partial charge in [-0.15, -0.1) is 0 Å². The van der Waals surface area contributed by atoms with Crippen LogP contribution in [0.25, 0.3) is 0 Å². The van der Waals surface area contributed by atoms with E-state index in [1.54, 1.807) is 11.0 Å². The van der Waals surface area contributed by atoms with Crippen LogP contribution >= 0.6 is 0 Å². The zero-order valence-corrected chi connectivity index (χ0v) is 7.57. The number of hydrogen-bond donors (Lipinski definition) is 2. The summed E-state index contributed by atoms with van der Waals surface area (Å²) in [5, 5.41) is 7.59. The van der Waals surface area contributed by atoms with Crippen LogP contribution in [0.3, 0.4) is 0 Å². The first-order chi connectivity index (χ1) is 6.25. The van der Waals surface area contributed by atoms with Crippen LogP contribution in [0.2, 0.25) is 0 Å². The molecule has 68 valence electrons. The van der Waals surface area contributed by atoms with Crippen molar-refractivity contribution < 1.29 is 0 Å². The Hall–Kier alpha value is -1.77. The minimum absolute atomic E-state index is 0.369. The first-order valence-corrected chi connectivity index (χ1v) is 4.01. The molecule has 1 aromatic rings. The third-order valence-corrected chi connectivity index (χ3v) is 1.76. The van der Waals surface area contributed by atoms with E-state index in [1.807, 2.05) is 37.4 Å². The Bertz CT molecular complexity index is 303. The molecule has 0 spiro atoms. The van der Waals surface area contributed by atoms with Crippen LogP contribution in [0, 0.1) is 5.41 Å². The molecule has 13 heavy (non-hydrogen) atoms. The lowest BCUT2D eigenvalue weighted by Crippen LogP contribution is -2.23. The Morgan fingerprint density at radius 2 is 2.00 bits per heavy atom. The van der Waals surface area contributed by atoms with Crippen molar-refractivity contribution in [2.75, 3.05) is 11.9 Å². The van der Waals surface area contributed by atoms with Gasteiger partial charge < -0.3 is 10.6 Å². The molecule has 3 heteroatoms. The van der Waals surface area contributed by atoms with Crippen LogP contribution in [0.15, 0.2) is 42.6 Å². The van der Waals surface area contributed by atoms with E-state index in [2.05, 4.69) is 0 Å². The fraction of sp³-hybridized carbons (Fsp3) is 0.100. The lowest BCUT2D eigenvalue weighted by atomic mass is 10.3. The molecule has 0 heterocycles. The van der Waals surface area contributed by atoms with Crippen LogP contribution in [-0.2, 0) is 0 Å². The molecular formula is C10H13N3. The Labute approximate surface area is 78.0 Å². The average Bonchev–Trinajstić information content (AvgIpc) is 2.18. The molecule has 3 N–H and O–H groups in total. The summed E-state index contributed by atoms with van der Waals surface area (Å²) in [6, 6.07) is 9.70. The highest BCUT2D eigenvalue weighted by Crippen LogP contribution is 2.10. The lowest BCUT2D eigenvalue weighted by Gasteiger charge is -2.17. The second kappa shape index (κ2) is 4.30. The third-order valence-electron chi connectivity index (χ3n) is 1.76. The highest BCUT2D eigenvalue weighted by Gasteiger charge is 2.01. The minimum Gasteiger partial charge on any atom is -0.404 e. The number of amidine groups is 1. The first-order valence-electron chi connectivity index (χ1n) is 4.01. The number of nitrogens with zero attached hydrogens (tertiary/aromatic N) is 1. The van der Waals surface area contributed by atoms with Crippen LogP contribution in [-0.4, -0.2) is 12.9 Å². The number of para-hydroxylation sites is 1. The van der Waals surface area contributed by atoms with Crippen molar-refractivity contribution >= 4 is 11.5 Å². The topological polar surface area (TPSA) is 53.1 Å². The van der Waals surface area contributed by atoms with Gasteiger partial charge in [-0.25, -0.2) is 0 Å². The molecule has 1 aromatic carbocycles. The van der Waals surface area contributed by atoms with Gasteiger partial charge in [-0.1, -0.05) is 18.2 Å². The lowest BCUT2D eigenvalue weighted by molar-refractivity contribution is 1.23. The molecule has 0 bridgehead atoms. The van der Waals surface area contributed by atoms with Crippen LogP contribution in [0.5, 0.6) is 0 Å². The molecule has 0 unspecified atom stereocenters. The van der Waals surface area contributed by atoms with Crippen molar-refractivity contribution in [3.05, 3.63) is 42.6 Å². The summed E-state index contributed by atoms with van der Waals surface area (Å²) < 4.78 is 0. The van der Waals surface area contributed by atoms with E-state index in [0.29, 0.717) is 5.84 Å². The van der Waals surface area contributed by atoms with Gasteiger partial charge in [0.1, 0.15) is 5.84 Å². The van der Waals surface area contributed by atoms with Crippen molar-refractivity contribution in [2.24, 2.45) is 5.73 Å². The van der Waals surface area contributed by atoms with E-state index in [0.717, 1.165) is 5.69 Å². The van der Waals surface area contributed by atoms with E-state index in [9.17, 15) is 0 Å². The van der Waals surface area contributed by atoms with Crippen molar-refractivity contribution in [1.29, 1.82) is 5.41 Å². The monoisotopic (exact) mass is 175 g/mol. The standard InChI is InChI=1S/C10H13N3/c1-13(10(12)7-8-11)9-5-3-2-4-6-9/h2-8,12H,11H2,1H3/b8-7-,12-10?. The van der Waals surface area contributed by atoms with Crippen LogP contribution in [0.4, 0.5) is 5.69 Å². The molecule has 0 aliphatic rings. The Kier molecular flexibility index (Phi) is 3.09. The zero-order chi connectivity index (χ0) is 9.68. The minimum atomic E-state index is 0.369. The number of nitrogens with one attached hydrogen (secondary N) is 1. The van der Waals surface area contributed by atoms with E-state index in [1.165, 1.54) is 6.20 Å². The smallest absolute Gasteiger partial charge is 0.126 e. The Morgan fingerprint density at radius 1 is 1.38 bits per heavy atom. The second-order valence-electron chi connectivity index (χ2n) is 2.64. The molecule has 0 atom stereocenters. The highest BCUT2D eigenvalue weighted by atomic mass is 15.1. The SMILES string of the molecule is CN(C(=N)/C=C\N)c1ccccc1. The number of likely N-dealkylation sites (N-methyl/N-ethyl adjacent to an activating group) is 1. The molecule has 0 aliphatic carbocycles. The summed E-state index contributed by atoms with van der Waals surface area (Å²) in [4.78, 5) is 1.75. The fourth-order valence-electron chi connectivity index (χ4n) is 0.994. The average molecular weight is 175 g/mol. The van der Waals surface area contributed by atoms with Gasteiger partial charge in [-0.05, 0) is 24.4 Å². The molecule has 0 amide bonds. The maximum Gasteiger partial charge on any atom is 0.126 e. The molecule has 0 saturated heterocycles. The van der Waals surface area contributed by atoms with Crippen molar-refractivity contribution in [2.45, 2.75) is 0 Å². The number of nitrogens with two attached hydrogens (primary N) is 1. The van der Waals surface area contributed by atoms with Gasteiger partial charge in [0.05, 0.1) is 0 Å². The van der Waals surface area contributed by atoms with Gasteiger partial charge in [0, 0.05) is 12.7 Å². The van der Waals surface area contributed by atoms with Gasteiger partial charge in [0.25, 0.3) is 0 Å². The van der Waals surface area contributed by atoms with Gasteiger partial charge in [-0.3, -0.25) is 5.41 Å². The van der Waals surface area contributed by atoms with Crippen LogP contribution in [0.1, 0.15) is 0 Å². The maximum atomic E-state index is 7.59. The maximum absolute atomic E-state index is 7.59. The summed E-state index contributed by atoms with van der Waals surface area (Å²) >= 11 is 0. The second-order valence-corrected chi connectivity index (χ2v) is 2.64. The first kappa shape index (κ1) is 9.32. The molecule has 0 aliphatic heterocycles. The van der Waals surface area contributed by atoms with Crippen molar-refractivity contribution in [1.82, 2.24) is 0 Å². The molecule has 1 rings (SSSR count). The number of rotatable bonds is 2. The largest absolute Gasteiger partial charge is 0.404 e. The predicted molar refractivity (Wildman–Crippen MR) is 55.9 cm³/mol. The van der Waals surface area contributed by atoms with Crippen LogP contribution < -0.4 is 10.6 Å². The normalized spacial score (nSPS) is 10.2. The van der Waals surface area contributed by atoms with E-state index in [4.69, 9.17) is 11.1 Å². The quantitative estimate of drug-likeness (QED) is 0.529. The van der Waals surface area contributed by atoms with Crippen molar-refractivity contribution in [3.8, 4) is 0 Å². The van der Waals surface area contributed by atoms with Gasteiger partial charge in [0.15, 0.2) is 0 Å². The van der Waals surface area contributed by atoms with Gasteiger partial charge >= 0.3 is 0 Å². The molecule has 3 nitrogen and oxygen atoms in total. The van der Waals surface area contributed by atoms with Gasteiger partial charge in [-0.2, -0.15) is 0 Å².